The van der Waals surface area contributed by atoms with Gasteiger partial charge in [-0.1, -0.05) is 30.3 Å². The minimum absolute atomic E-state index is 0.0650. The van der Waals surface area contributed by atoms with E-state index in [1.807, 2.05) is 42.5 Å². The van der Waals surface area contributed by atoms with E-state index in [1.54, 1.807) is 0 Å². The Bertz CT molecular complexity index is 419. The van der Waals surface area contributed by atoms with Gasteiger partial charge < -0.3 is 5.11 Å². The number of nitrogens with zero attached hydrogens (tertiary/aromatic N) is 2. The van der Waals surface area contributed by atoms with Gasteiger partial charge in [0.15, 0.2) is 0 Å². The summed E-state index contributed by atoms with van der Waals surface area (Å²) in [5.74, 6) is 0. The molecule has 0 saturated carbocycles. The first-order valence-corrected chi connectivity index (χ1v) is 4.53. The Balaban J connectivity index is 3.22. The van der Waals surface area contributed by atoms with Crippen LogP contribution in [0.3, 0.4) is 0 Å². The lowest BCUT2D eigenvalue weighted by molar-refractivity contribution is 0.305. The third-order valence-corrected chi connectivity index (χ3v) is 2.01. The van der Waals surface area contributed by atoms with E-state index < -0.39 is 0 Å². The molecule has 15 heavy (non-hydrogen) atoms. The van der Waals surface area contributed by atoms with Crippen molar-refractivity contribution in [1.82, 2.24) is 0 Å². The summed E-state index contributed by atoms with van der Waals surface area (Å²) in [7, 11) is 0. The molecule has 3 nitrogen and oxygen atoms in total. The van der Waals surface area contributed by atoms with E-state index in [1.165, 1.54) is 0 Å². The minimum atomic E-state index is -0.0723. The van der Waals surface area contributed by atoms with E-state index in [4.69, 9.17) is 15.6 Å². The molecule has 0 aliphatic rings. The van der Waals surface area contributed by atoms with Gasteiger partial charge >= 0.3 is 0 Å². The van der Waals surface area contributed by atoms with Crippen LogP contribution >= 0.6 is 0 Å². The zero-order valence-corrected chi connectivity index (χ0v) is 8.14. The van der Waals surface area contributed by atoms with Crippen LogP contribution < -0.4 is 0 Å². The van der Waals surface area contributed by atoms with Crippen LogP contribution in [0.15, 0.2) is 35.9 Å². The first kappa shape index (κ1) is 11.0. The molecule has 1 N–H and O–H groups in total. The van der Waals surface area contributed by atoms with Crippen LogP contribution in [0.5, 0.6) is 0 Å². The summed E-state index contributed by atoms with van der Waals surface area (Å²) < 4.78 is 0. The summed E-state index contributed by atoms with van der Waals surface area (Å²) in [6.07, 6.45) is 0.320. The topological polar surface area (TPSA) is 67.8 Å². The normalized spacial score (nSPS) is 8.73. The van der Waals surface area contributed by atoms with Gasteiger partial charge in [0.1, 0.15) is 17.7 Å². The van der Waals surface area contributed by atoms with Crippen LogP contribution in [0, 0.1) is 22.7 Å². The smallest absolute Gasteiger partial charge is 0.133 e. The summed E-state index contributed by atoms with van der Waals surface area (Å²) in [5.41, 5.74) is 1.48. The first-order valence-electron chi connectivity index (χ1n) is 4.53. The molecule has 0 aliphatic heterocycles. The molecule has 0 unspecified atom stereocenters. The van der Waals surface area contributed by atoms with Gasteiger partial charge in [-0.15, -0.1) is 0 Å². The average molecular weight is 198 g/mol. The number of benzene rings is 1. The largest absolute Gasteiger partial charge is 0.396 e. The van der Waals surface area contributed by atoms with Crippen LogP contribution in [-0.2, 0) is 0 Å². The van der Waals surface area contributed by atoms with Crippen LogP contribution in [0.4, 0.5) is 0 Å². The fraction of sp³-hybridized carbons (Fsp3) is 0.167. The molecule has 0 aliphatic carbocycles. The van der Waals surface area contributed by atoms with Gasteiger partial charge in [0.25, 0.3) is 0 Å². The van der Waals surface area contributed by atoms with Crippen molar-refractivity contribution in [2.24, 2.45) is 0 Å². The Morgan fingerprint density at radius 3 is 2.20 bits per heavy atom. The maximum absolute atomic E-state index is 8.88. The molecule has 0 spiro atoms. The Morgan fingerprint density at radius 1 is 1.13 bits per heavy atom. The van der Waals surface area contributed by atoms with Gasteiger partial charge in [-0.2, -0.15) is 10.5 Å². The number of rotatable bonds is 3. The van der Waals surface area contributed by atoms with Crippen molar-refractivity contribution in [2.75, 3.05) is 6.61 Å². The van der Waals surface area contributed by atoms with Crippen molar-refractivity contribution in [1.29, 1.82) is 10.5 Å². The van der Waals surface area contributed by atoms with E-state index in [9.17, 15) is 0 Å². The van der Waals surface area contributed by atoms with E-state index in [0.29, 0.717) is 12.0 Å². The Morgan fingerprint density at radius 2 is 1.73 bits per heavy atom. The monoisotopic (exact) mass is 198 g/mol. The number of aliphatic hydroxyl groups is 1. The molecule has 0 bridgehead atoms. The second-order valence-corrected chi connectivity index (χ2v) is 2.92. The molecule has 0 aromatic heterocycles. The summed E-state index contributed by atoms with van der Waals surface area (Å²) in [6.45, 7) is -0.0723. The van der Waals surface area contributed by atoms with E-state index >= 15 is 0 Å². The van der Waals surface area contributed by atoms with Gasteiger partial charge in [-0.25, -0.2) is 0 Å². The lowest BCUT2D eigenvalue weighted by Crippen LogP contribution is -1.93. The van der Waals surface area contributed by atoms with Crippen LogP contribution in [0.25, 0.3) is 5.57 Å². The average Bonchev–Trinajstić information content (AvgIpc) is 2.30. The number of hydrogen-bond donors (Lipinski definition) is 1. The Hall–Kier alpha value is -2.10. The van der Waals surface area contributed by atoms with Crippen LogP contribution in [-0.4, -0.2) is 11.7 Å². The Kier molecular flexibility index (Phi) is 4.09. The molecule has 0 heterocycles. The fourth-order valence-electron chi connectivity index (χ4n) is 1.32. The fourth-order valence-corrected chi connectivity index (χ4v) is 1.32. The van der Waals surface area contributed by atoms with Crippen molar-refractivity contribution in [3.05, 3.63) is 41.5 Å². The molecular formula is C12H10N2O. The predicted octanol–water partition coefficient (Wildman–Crippen LogP) is 1.87. The van der Waals surface area contributed by atoms with Gasteiger partial charge in [0.05, 0.1) is 0 Å². The summed E-state index contributed by atoms with van der Waals surface area (Å²) in [6, 6.07) is 12.8. The second kappa shape index (κ2) is 5.59. The first-order chi connectivity index (χ1) is 7.33. The third kappa shape index (κ3) is 2.67. The zero-order valence-electron chi connectivity index (χ0n) is 8.14. The number of nitriles is 2. The molecule has 0 atom stereocenters. The zero-order chi connectivity index (χ0) is 11.1. The van der Waals surface area contributed by atoms with Crippen molar-refractivity contribution in [2.45, 2.75) is 6.42 Å². The molecule has 0 fully saturated rings. The molecule has 0 amide bonds. The highest BCUT2D eigenvalue weighted by Gasteiger charge is 2.07. The molecule has 1 rings (SSSR count). The molecule has 0 saturated heterocycles. The highest BCUT2D eigenvalue weighted by molar-refractivity contribution is 5.75. The highest BCUT2D eigenvalue weighted by atomic mass is 16.2. The minimum Gasteiger partial charge on any atom is -0.396 e. The summed E-state index contributed by atoms with van der Waals surface area (Å²) >= 11 is 0. The lowest BCUT2D eigenvalue weighted by atomic mass is 9.98. The lowest BCUT2D eigenvalue weighted by Gasteiger charge is -2.05. The molecule has 0 radical (unpaired) electrons. The van der Waals surface area contributed by atoms with Crippen LogP contribution in [0.2, 0.25) is 0 Å². The van der Waals surface area contributed by atoms with Gasteiger partial charge in [-0.3, -0.25) is 0 Å². The van der Waals surface area contributed by atoms with Crippen molar-refractivity contribution >= 4 is 5.57 Å². The van der Waals surface area contributed by atoms with Crippen molar-refractivity contribution in [3.8, 4) is 12.1 Å². The quantitative estimate of drug-likeness (QED) is 0.754. The number of allylic oxidation sites excluding steroid dienone is 1. The Labute approximate surface area is 88.5 Å². The van der Waals surface area contributed by atoms with Gasteiger partial charge in [-0.05, 0) is 17.6 Å². The van der Waals surface area contributed by atoms with Crippen molar-refractivity contribution in [3.63, 3.8) is 0 Å². The second-order valence-electron chi connectivity index (χ2n) is 2.92. The maximum Gasteiger partial charge on any atom is 0.133 e. The number of hydrogen-bond acceptors (Lipinski definition) is 3. The molecule has 1 aromatic carbocycles. The summed E-state index contributed by atoms with van der Waals surface area (Å²) in [5, 5.41) is 26.4. The van der Waals surface area contributed by atoms with E-state index in [-0.39, 0.29) is 12.2 Å². The molecule has 74 valence electrons. The molecule has 1 aromatic rings. The van der Waals surface area contributed by atoms with Gasteiger partial charge in [0.2, 0.25) is 0 Å². The SMILES string of the molecule is N#CC(C#N)=C(CCO)c1ccccc1. The summed E-state index contributed by atoms with van der Waals surface area (Å²) in [4.78, 5) is 0. The van der Waals surface area contributed by atoms with E-state index in [2.05, 4.69) is 0 Å². The standard InChI is InChI=1S/C12H10N2O/c13-8-11(9-14)12(6-7-15)10-4-2-1-3-5-10/h1-5,15H,6-7H2. The maximum atomic E-state index is 8.88. The van der Waals surface area contributed by atoms with Crippen molar-refractivity contribution < 1.29 is 5.11 Å². The number of aliphatic hydroxyl groups excluding tert-OH is 1. The third-order valence-electron chi connectivity index (χ3n) is 2.01. The highest BCUT2D eigenvalue weighted by Crippen LogP contribution is 2.21. The van der Waals surface area contributed by atoms with Gasteiger partial charge in [0, 0.05) is 6.61 Å². The molecular weight excluding hydrogens is 188 g/mol. The molecule has 3 heteroatoms. The predicted molar refractivity (Wildman–Crippen MR) is 56.3 cm³/mol. The van der Waals surface area contributed by atoms with Crippen LogP contribution in [0.1, 0.15) is 12.0 Å². The van der Waals surface area contributed by atoms with E-state index in [0.717, 1.165) is 5.56 Å².